The van der Waals surface area contributed by atoms with Crippen molar-refractivity contribution in [2.45, 2.75) is 16.3 Å². The number of rotatable bonds is 11. The molecule has 7 nitrogen and oxygen atoms in total. The molecule has 0 bridgehead atoms. The van der Waals surface area contributed by atoms with Crippen molar-refractivity contribution in [3.63, 3.8) is 0 Å². The van der Waals surface area contributed by atoms with E-state index in [1.165, 1.54) is 61.7 Å². The van der Waals surface area contributed by atoms with E-state index in [-0.39, 0.29) is 22.5 Å². The van der Waals surface area contributed by atoms with Gasteiger partial charge in [-0.1, -0.05) is 66.7 Å². The maximum Gasteiger partial charge on any atom is 0.422 e. The first-order valence-corrected chi connectivity index (χ1v) is 16.2. The highest BCUT2D eigenvalue weighted by Gasteiger charge is 2.43. The average molecular weight is 754 g/mol. The lowest BCUT2D eigenvalue weighted by Crippen LogP contribution is -2.30. The number of halogens is 7. The molecule has 3 amide bonds. The molecule has 53 heavy (non-hydrogen) atoms. The minimum absolute atomic E-state index is 0.147. The van der Waals surface area contributed by atoms with Gasteiger partial charge < -0.3 is 20.7 Å². The highest BCUT2D eigenvalue weighted by molar-refractivity contribution is 8.00. The van der Waals surface area contributed by atoms with Crippen molar-refractivity contribution in [2.24, 2.45) is 0 Å². The molecule has 15 heteroatoms. The molecular weight excluding hydrogens is 727 g/mol. The van der Waals surface area contributed by atoms with E-state index in [2.05, 4.69) is 10.6 Å². The lowest BCUT2D eigenvalue weighted by atomic mass is 10.1. The van der Waals surface area contributed by atoms with Crippen LogP contribution >= 0.6 is 11.8 Å². The summed E-state index contributed by atoms with van der Waals surface area (Å²) in [4.78, 5) is 40.4. The zero-order valence-electron chi connectivity index (χ0n) is 27.2. The molecule has 272 valence electrons. The van der Waals surface area contributed by atoms with Gasteiger partial charge in [0.2, 0.25) is 5.91 Å². The molecular formula is C38H26F7N3O4S. The molecule has 5 aromatic rings. The van der Waals surface area contributed by atoms with E-state index < -0.39 is 63.7 Å². The van der Waals surface area contributed by atoms with Gasteiger partial charge in [0.25, 0.3) is 11.8 Å². The quantitative estimate of drug-likeness (QED) is 0.0542. The highest BCUT2D eigenvalue weighted by atomic mass is 32.2. The Labute approximate surface area is 301 Å². The van der Waals surface area contributed by atoms with Gasteiger partial charge in [-0.3, -0.25) is 14.4 Å². The second-order valence-electron chi connectivity index (χ2n) is 11.0. The molecule has 0 spiro atoms. The molecule has 0 radical (unpaired) electrons. The number of nitrogens with one attached hydrogen (secondary N) is 3. The molecule has 5 rings (SSSR count). The maximum atomic E-state index is 14.7. The van der Waals surface area contributed by atoms with Gasteiger partial charge in [0.15, 0.2) is 23.3 Å². The molecule has 1 unspecified atom stereocenters. The van der Waals surface area contributed by atoms with Crippen LogP contribution in [0.3, 0.4) is 0 Å². The Morgan fingerprint density at radius 3 is 1.98 bits per heavy atom. The van der Waals surface area contributed by atoms with Gasteiger partial charge in [-0.25, -0.2) is 17.6 Å². The number of hydrogen-bond acceptors (Lipinski definition) is 5. The van der Waals surface area contributed by atoms with Gasteiger partial charge >= 0.3 is 6.18 Å². The van der Waals surface area contributed by atoms with Gasteiger partial charge in [0.1, 0.15) is 27.9 Å². The van der Waals surface area contributed by atoms with Crippen LogP contribution in [0.15, 0.2) is 120 Å². The molecule has 3 N–H and O–H groups in total. The second-order valence-corrected chi connectivity index (χ2v) is 12.2. The van der Waals surface area contributed by atoms with Gasteiger partial charge in [-0.2, -0.15) is 13.2 Å². The number of amides is 3. The lowest BCUT2D eigenvalue weighted by Gasteiger charge is -2.19. The standard InChI is InChI=1S/C38H26F7N3O4S/c1-52-25-16-8-10-21(18-25)19-27(47-35(49)23-13-6-3-7-14-23)36(50)46-24-15-9-17-26(20-24)53-34(22-11-4-2-5-12-22)37(51)48-33-31(41)29(39)28(38(43,44)45)30(40)32(33)42/h2-20,34H,1H3,(H,46,50)(H,47,49)(H,48,51)/b27-19-. The third kappa shape index (κ3) is 9.23. The van der Waals surface area contributed by atoms with Crippen molar-refractivity contribution >= 4 is 46.9 Å². The largest absolute Gasteiger partial charge is 0.497 e. The molecule has 0 aliphatic carbocycles. The van der Waals surface area contributed by atoms with E-state index in [1.807, 2.05) is 0 Å². The number of thioether (sulfide) groups is 1. The van der Waals surface area contributed by atoms with Crippen molar-refractivity contribution in [2.75, 3.05) is 17.7 Å². The van der Waals surface area contributed by atoms with Crippen LogP contribution < -0.4 is 20.7 Å². The molecule has 0 saturated heterocycles. The van der Waals surface area contributed by atoms with Crippen molar-refractivity contribution in [1.82, 2.24) is 5.32 Å². The van der Waals surface area contributed by atoms with Crippen LogP contribution in [0, 0.1) is 23.3 Å². The number of alkyl halides is 3. The SMILES string of the molecule is COc1cccc(/C=C(\NC(=O)c2ccccc2)C(=O)Nc2cccc(SC(C(=O)Nc3c(F)c(F)c(C(F)(F)F)c(F)c3F)c3ccccc3)c2)c1. The van der Waals surface area contributed by atoms with Crippen molar-refractivity contribution in [3.05, 3.63) is 160 Å². The maximum absolute atomic E-state index is 14.7. The molecule has 0 aliphatic rings. The first-order valence-electron chi connectivity index (χ1n) is 15.4. The summed E-state index contributed by atoms with van der Waals surface area (Å²) in [5.74, 6) is -12.4. The number of anilines is 2. The number of ether oxygens (including phenoxy) is 1. The normalized spacial score (nSPS) is 12.1. The third-order valence-electron chi connectivity index (χ3n) is 7.41. The molecule has 0 aliphatic heterocycles. The molecule has 0 saturated carbocycles. The minimum atomic E-state index is -5.76. The van der Waals surface area contributed by atoms with Crippen LogP contribution in [0.4, 0.5) is 42.1 Å². The van der Waals surface area contributed by atoms with Gasteiger partial charge in [-0.15, -0.1) is 11.8 Å². The van der Waals surface area contributed by atoms with E-state index in [0.29, 0.717) is 16.2 Å². The summed E-state index contributed by atoms with van der Waals surface area (Å²) in [5.41, 5.74) is -3.45. The summed E-state index contributed by atoms with van der Waals surface area (Å²) in [6, 6.07) is 28.4. The molecule has 0 aromatic heterocycles. The molecule has 1 atom stereocenters. The van der Waals surface area contributed by atoms with E-state index >= 15 is 0 Å². The summed E-state index contributed by atoms with van der Waals surface area (Å²) in [5, 5.41) is 5.59. The van der Waals surface area contributed by atoms with Crippen LogP contribution in [-0.4, -0.2) is 24.8 Å². The van der Waals surface area contributed by atoms with Gasteiger partial charge in [0, 0.05) is 16.1 Å². The van der Waals surface area contributed by atoms with Gasteiger partial charge in [-0.05, 0) is 59.7 Å². The summed E-state index contributed by atoms with van der Waals surface area (Å²) >= 11 is 0.787. The van der Waals surface area contributed by atoms with Crippen LogP contribution in [0.25, 0.3) is 6.08 Å². The smallest absolute Gasteiger partial charge is 0.422 e. The predicted octanol–water partition coefficient (Wildman–Crippen LogP) is 9.15. The number of carbonyl (C=O) groups is 3. The first-order chi connectivity index (χ1) is 25.3. The highest BCUT2D eigenvalue weighted by Crippen LogP contribution is 2.41. The van der Waals surface area contributed by atoms with Crippen molar-refractivity contribution in [3.8, 4) is 5.75 Å². The topological polar surface area (TPSA) is 96.5 Å². The van der Waals surface area contributed by atoms with Gasteiger partial charge in [0.05, 0.1) is 7.11 Å². The summed E-state index contributed by atoms with van der Waals surface area (Å²) in [7, 11) is 1.47. The molecule has 5 aromatic carbocycles. The first kappa shape index (κ1) is 38.1. The van der Waals surface area contributed by atoms with Crippen LogP contribution in [-0.2, 0) is 15.8 Å². The Bertz CT molecular complexity index is 2150. The van der Waals surface area contributed by atoms with Crippen LogP contribution in [0.5, 0.6) is 5.75 Å². The van der Waals surface area contributed by atoms with Crippen LogP contribution in [0.2, 0.25) is 0 Å². The fourth-order valence-corrected chi connectivity index (χ4v) is 5.99. The summed E-state index contributed by atoms with van der Waals surface area (Å²) in [6.45, 7) is 0. The number of hydrogen-bond donors (Lipinski definition) is 3. The van der Waals surface area contributed by atoms with E-state index in [0.717, 1.165) is 11.8 Å². The second kappa shape index (κ2) is 16.5. The zero-order valence-corrected chi connectivity index (χ0v) is 28.1. The fraction of sp³-hybridized carbons (Fsp3) is 0.0789. The Morgan fingerprint density at radius 1 is 0.736 bits per heavy atom. The third-order valence-corrected chi connectivity index (χ3v) is 8.66. The average Bonchev–Trinajstić information content (AvgIpc) is 3.14. The Kier molecular flexibility index (Phi) is 11.9. The molecule has 0 heterocycles. The summed E-state index contributed by atoms with van der Waals surface area (Å²) in [6.07, 6.45) is -4.33. The molecule has 0 fully saturated rings. The van der Waals surface area contributed by atoms with E-state index in [1.54, 1.807) is 66.0 Å². The van der Waals surface area contributed by atoms with Crippen molar-refractivity contribution < 1.29 is 49.9 Å². The zero-order chi connectivity index (χ0) is 38.3. The van der Waals surface area contributed by atoms with Crippen LogP contribution in [0.1, 0.15) is 32.3 Å². The fourth-order valence-electron chi connectivity index (χ4n) is 4.90. The monoisotopic (exact) mass is 753 g/mol. The number of carbonyl (C=O) groups excluding carboxylic acids is 3. The predicted molar refractivity (Wildman–Crippen MR) is 185 cm³/mol. The Hall–Kier alpha value is -6.09. The van der Waals surface area contributed by atoms with Crippen molar-refractivity contribution in [1.29, 1.82) is 0 Å². The summed E-state index contributed by atoms with van der Waals surface area (Å²) < 4.78 is 103. The number of benzene rings is 5. The lowest BCUT2D eigenvalue weighted by molar-refractivity contribution is -0.143. The Morgan fingerprint density at radius 2 is 1.36 bits per heavy atom. The van der Waals surface area contributed by atoms with E-state index in [4.69, 9.17) is 4.74 Å². The number of methoxy groups -OCH3 is 1. The van der Waals surface area contributed by atoms with E-state index in [9.17, 15) is 45.1 Å². The Balaban J connectivity index is 1.42. The minimum Gasteiger partial charge on any atom is -0.497 e.